The van der Waals surface area contributed by atoms with Crippen LogP contribution in [-0.2, 0) is 14.6 Å². The monoisotopic (exact) mass is 383 g/mol. The summed E-state index contributed by atoms with van der Waals surface area (Å²) in [5.74, 6) is 0.521. The number of benzene rings is 1. The summed E-state index contributed by atoms with van der Waals surface area (Å²) in [5, 5.41) is 0.463. The Kier molecular flexibility index (Phi) is 4.63. The van der Waals surface area contributed by atoms with Crippen molar-refractivity contribution >= 4 is 38.8 Å². The van der Waals surface area contributed by atoms with Crippen LogP contribution in [0.25, 0.3) is 0 Å². The van der Waals surface area contributed by atoms with Gasteiger partial charge in [0, 0.05) is 14.1 Å². The van der Waals surface area contributed by atoms with Crippen LogP contribution in [-0.4, -0.2) is 80.6 Å². The van der Waals surface area contributed by atoms with E-state index in [2.05, 4.69) is 0 Å². The predicted octanol–water partition coefficient (Wildman–Crippen LogP) is 0.356. The van der Waals surface area contributed by atoms with E-state index in [9.17, 15) is 13.2 Å². The van der Waals surface area contributed by atoms with Gasteiger partial charge >= 0.3 is 0 Å². The van der Waals surface area contributed by atoms with Gasteiger partial charge in [0.05, 0.1) is 42.9 Å². The Hall–Kier alpha value is -1.87. The molecule has 7 nitrogen and oxygen atoms in total. The first-order valence-corrected chi connectivity index (χ1v) is 10.1. The minimum Gasteiger partial charge on any atom is -0.495 e. The first-order valence-electron chi connectivity index (χ1n) is 7.88. The summed E-state index contributed by atoms with van der Waals surface area (Å²) in [5.41, 5.74) is 0.724. The number of anilines is 1. The molecule has 0 unspecified atom stereocenters. The second-order valence-corrected chi connectivity index (χ2v) is 8.97. The summed E-state index contributed by atoms with van der Waals surface area (Å²) in [6.07, 6.45) is 0. The molecule has 9 heteroatoms. The molecule has 1 aromatic carbocycles. The summed E-state index contributed by atoms with van der Waals surface area (Å²) in [7, 11) is 1.71. The van der Waals surface area contributed by atoms with Crippen molar-refractivity contribution in [3.05, 3.63) is 24.3 Å². The van der Waals surface area contributed by atoms with Crippen LogP contribution < -0.4 is 9.64 Å². The van der Waals surface area contributed by atoms with Crippen LogP contribution in [0.3, 0.4) is 0 Å². The Morgan fingerprint density at radius 2 is 1.92 bits per heavy atom. The number of likely N-dealkylation sites (N-methyl/N-ethyl adjacent to an activating group) is 1. The molecule has 0 spiro atoms. The van der Waals surface area contributed by atoms with Gasteiger partial charge < -0.3 is 19.4 Å². The highest BCUT2D eigenvalue weighted by atomic mass is 32.2. The molecular formula is C16H21N3O4S2. The third-order valence-electron chi connectivity index (χ3n) is 4.63. The Bertz CT molecular complexity index is 809. The molecule has 0 aromatic heterocycles. The van der Waals surface area contributed by atoms with Gasteiger partial charge in [0.15, 0.2) is 14.9 Å². The first kappa shape index (κ1) is 17.9. The molecule has 2 atom stereocenters. The number of para-hydroxylation sites is 2. The summed E-state index contributed by atoms with van der Waals surface area (Å²) < 4.78 is 29.9. The van der Waals surface area contributed by atoms with Gasteiger partial charge in [-0.1, -0.05) is 12.1 Å². The number of hydrogen-bond acceptors (Lipinski definition) is 5. The molecular weight excluding hydrogens is 362 g/mol. The highest BCUT2D eigenvalue weighted by Gasteiger charge is 2.52. The predicted molar refractivity (Wildman–Crippen MR) is 99.7 cm³/mol. The van der Waals surface area contributed by atoms with Gasteiger partial charge in [-0.15, -0.1) is 0 Å². The maximum absolute atomic E-state index is 12.2. The maximum atomic E-state index is 12.2. The smallest absolute Gasteiger partial charge is 0.241 e. The number of methoxy groups -OCH3 is 1. The molecule has 0 bridgehead atoms. The van der Waals surface area contributed by atoms with Gasteiger partial charge in [-0.3, -0.25) is 4.79 Å². The number of hydrogen-bond donors (Lipinski definition) is 0. The minimum atomic E-state index is -3.19. The SMILES string of the molecule is COc1ccccc1N1C(=S)N(CC(=O)N(C)C)[C@@H]2CS(=O)(=O)C[C@H]21. The van der Waals surface area contributed by atoms with Crippen molar-refractivity contribution in [2.45, 2.75) is 12.1 Å². The fraction of sp³-hybridized carbons (Fsp3) is 0.500. The van der Waals surface area contributed by atoms with Crippen LogP contribution in [0.1, 0.15) is 0 Å². The lowest BCUT2D eigenvalue weighted by Gasteiger charge is -2.27. The number of amides is 1. The molecule has 2 saturated heterocycles. The number of fused-ring (bicyclic) bond motifs is 1. The molecule has 2 aliphatic rings. The third kappa shape index (κ3) is 3.18. The third-order valence-corrected chi connectivity index (χ3v) is 6.76. The van der Waals surface area contributed by atoms with E-state index in [1.54, 1.807) is 26.1 Å². The molecule has 0 aliphatic carbocycles. The molecule has 2 fully saturated rings. The highest BCUT2D eigenvalue weighted by Crippen LogP contribution is 2.39. The summed E-state index contributed by atoms with van der Waals surface area (Å²) in [6, 6.07) is 6.72. The molecule has 1 aromatic rings. The van der Waals surface area contributed by atoms with Crippen molar-refractivity contribution in [2.75, 3.05) is 44.2 Å². The standard InChI is InChI=1S/C16H21N3O4S2/c1-17(2)15(20)8-18-12-9-25(21,22)10-13(12)19(16(18)24)11-6-4-5-7-14(11)23-3/h4-7,12-13H,8-10H2,1-3H3/t12-,13-/m1/s1. The Morgan fingerprint density at radius 3 is 2.56 bits per heavy atom. The molecule has 2 aliphatic heterocycles. The minimum absolute atomic E-state index is 0.00413. The van der Waals surface area contributed by atoms with Gasteiger partial charge in [-0.05, 0) is 24.4 Å². The van der Waals surface area contributed by atoms with Gasteiger partial charge in [0.2, 0.25) is 5.91 Å². The molecule has 1 amide bonds. The van der Waals surface area contributed by atoms with Crippen LogP contribution >= 0.6 is 12.2 Å². The first-order chi connectivity index (χ1) is 11.7. The van der Waals surface area contributed by atoms with Crippen LogP contribution in [0.4, 0.5) is 5.69 Å². The number of nitrogens with zero attached hydrogens (tertiary/aromatic N) is 3. The largest absolute Gasteiger partial charge is 0.495 e. The van der Waals surface area contributed by atoms with Gasteiger partial charge in [0.1, 0.15) is 5.75 Å². The number of rotatable bonds is 4. The Morgan fingerprint density at radius 1 is 1.28 bits per heavy atom. The Labute approximate surface area is 153 Å². The van der Waals surface area contributed by atoms with E-state index in [1.807, 2.05) is 29.2 Å². The molecule has 136 valence electrons. The second-order valence-electron chi connectivity index (χ2n) is 6.45. The maximum Gasteiger partial charge on any atom is 0.241 e. The van der Waals surface area contributed by atoms with Crippen molar-refractivity contribution in [1.29, 1.82) is 0 Å². The van der Waals surface area contributed by atoms with Crippen molar-refractivity contribution in [1.82, 2.24) is 9.80 Å². The highest BCUT2D eigenvalue weighted by molar-refractivity contribution is 7.91. The zero-order valence-electron chi connectivity index (χ0n) is 14.4. The lowest BCUT2D eigenvalue weighted by molar-refractivity contribution is -0.129. The van der Waals surface area contributed by atoms with E-state index >= 15 is 0 Å². The molecule has 2 heterocycles. The van der Waals surface area contributed by atoms with Gasteiger partial charge in [-0.25, -0.2) is 8.42 Å². The van der Waals surface area contributed by atoms with Gasteiger partial charge in [-0.2, -0.15) is 0 Å². The summed E-state index contributed by atoms with van der Waals surface area (Å²) in [6.45, 7) is 0.0637. The van der Waals surface area contributed by atoms with Crippen molar-refractivity contribution in [3.63, 3.8) is 0 Å². The molecule has 3 rings (SSSR count). The number of sulfone groups is 1. The summed E-state index contributed by atoms with van der Waals surface area (Å²) >= 11 is 5.62. The van der Waals surface area contributed by atoms with E-state index in [0.29, 0.717) is 10.9 Å². The topological polar surface area (TPSA) is 70.2 Å². The summed E-state index contributed by atoms with van der Waals surface area (Å²) in [4.78, 5) is 17.2. The fourth-order valence-electron chi connectivity index (χ4n) is 3.36. The van der Waals surface area contributed by atoms with Crippen molar-refractivity contribution in [2.24, 2.45) is 0 Å². The lowest BCUT2D eigenvalue weighted by Crippen LogP contribution is -2.44. The number of ether oxygens (including phenoxy) is 1. The van der Waals surface area contributed by atoms with Crippen LogP contribution in [0.2, 0.25) is 0 Å². The van der Waals surface area contributed by atoms with E-state index in [-0.39, 0.29) is 36.0 Å². The van der Waals surface area contributed by atoms with Gasteiger partial charge in [0.25, 0.3) is 0 Å². The van der Waals surface area contributed by atoms with E-state index < -0.39 is 9.84 Å². The second kappa shape index (κ2) is 6.45. The number of thiocarbonyl (C=S) groups is 1. The van der Waals surface area contributed by atoms with Crippen molar-refractivity contribution in [3.8, 4) is 5.75 Å². The van der Waals surface area contributed by atoms with E-state index in [1.165, 1.54) is 4.90 Å². The molecule has 0 saturated carbocycles. The van der Waals surface area contributed by atoms with Crippen LogP contribution in [0.15, 0.2) is 24.3 Å². The number of carbonyl (C=O) groups is 1. The number of carbonyl (C=O) groups excluding carboxylic acids is 1. The fourth-order valence-corrected chi connectivity index (χ4v) is 5.74. The quantitative estimate of drug-likeness (QED) is 0.695. The molecule has 25 heavy (non-hydrogen) atoms. The van der Waals surface area contributed by atoms with Crippen LogP contribution in [0.5, 0.6) is 5.75 Å². The average molecular weight is 383 g/mol. The zero-order chi connectivity index (χ0) is 18.4. The Balaban J connectivity index is 2.01. The normalized spacial score (nSPS) is 24.4. The lowest BCUT2D eigenvalue weighted by atomic mass is 10.1. The van der Waals surface area contributed by atoms with Crippen molar-refractivity contribution < 1.29 is 17.9 Å². The molecule has 0 N–H and O–H groups in total. The zero-order valence-corrected chi connectivity index (χ0v) is 16.0. The molecule has 0 radical (unpaired) electrons. The van der Waals surface area contributed by atoms with E-state index in [4.69, 9.17) is 17.0 Å². The van der Waals surface area contributed by atoms with Crippen LogP contribution in [0, 0.1) is 0 Å². The van der Waals surface area contributed by atoms with E-state index in [0.717, 1.165) is 5.69 Å². The average Bonchev–Trinajstić information content (AvgIpc) is 2.98.